The third-order valence-electron chi connectivity index (χ3n) is 6.33. The fourth-order valence-corrected chi connectivity index (χ4v) is 4.31. The van der Waals surface area contributed by atoms with Crippen LogP contribution < -0.4 is 0 Å². The topological polar surface area (TPSA) is 83.7 Å². The second-order valence-corrected chi connectivity index (χ2v) is 9.77. The van der Waals surface area contributed by atoms with Gasteiger partial charge >= 0.3 is 5.97 Å². The third-order valence-corrected chi connectivity index (χ3v) is 6.33. The molecule has 1 aliphatic rings. The zero-order valence-corrected chi connectivity index (χ0v) is 22.2. The van der Waals surface area contributed by atoms with Crippen LogP contribution >= 0.6 is 0 Å². The van der Waals surface area contributed by atoms with Gasteiger partial charge < -0.3 is 14.6 Å². The molecule has 7 nitrogen and oxygen atoms in total. The smallest absolute Gasteiger partial charge is 0.327 e. The largest absolute Gasteiger partial charge is 0.468 e. The molecular weight excluding hydrogens is 442 g/mol. The van der Waals surface area contributed by atoms with Gasteiger partial charge in [0.2, 0.25) is 11.8 Å². The molecule has 0 spiro atoms. The maximum absolute atomic E-state index is 11.7. The van der Waals surface area contributed by atoms with Crippen molar-refractivity contribution in [2.45, 2.75) is 96.7 Å². The maximum Gasteiger partial charge on any atom is 0.327 e. The van der Waals surface area contributed by atoms with Crippen molar-refractivity contribution in [1.82, 2.24) is 4.90 Å². The number of ether oxygens (including phenoxy) is 2. The van der Waals surface area contributed by atoms with Crippen molar-refractivity contribution in [3.05, 3.63) is 35.9 Å². The zero-order valence-electron chi connectivity index (χ0n) is 22.2. The molecule has 0 saturated carbocycles. The number of nitrogens with zero attached hydrogens (tertiary/aromatic N) is 3. The Balaban J connectivity index is 2.25. The summed E-state index contributed by atoms with van der Waals surface area (Å²) in [5, 5.41) is 9.13. The summed E-state index contributed by atoms with van der Waals surface area (Å²) in [5.74, 6) is 0.774. The van der Waals surface area contributed by atoms with E-state index in [-0.39, 0.29) is 19.2 Å². The van der Waals surface area contributed by atoms with Crippen molar-refractivity contribution in [3.8, 4) is 0 Å². The number of carbonyl (C=O) groups is 1. The summed E-state index contributed by atoms with van der Waals surface area (Å²) < 4.78 is 11.0. The highest BCUT2D eigenvalue weighted by molar-refractivity contribution is 6.04. The molecule has 1 aliphatic heterocycles. The van der Waals surface area contributed by atoms with Gasteiger partial charge in [-0.15, -0.1) is 0 Å². The van der Waals surface area contributed by atoms with Crippen LogP contribution in [-0.2, 0) is 20.8 Å². The SMILES string of the molecule is CCCCCCC(C1=NC(C)(C)C(=NCC(=O)OC)O1)N(CCCCCCO)Cc1ccccc1. The third kappa shape index (κ3) is 10.1. The van der Waals surface area contributed by atoms with Gasteiger partial charge in [-0.1, -0.05) is 75.8 Å². The molecule has 0 fully saturated rings. The lowest BCUT2D eigenvalue weighted by atomic mass is 10.0. The number of unbranched alkanes of at least 4 members (excludes halogenated alkanes) is 6. The van der Waals surface area contributed by atoms with Gasteiger partial charge in [0.15, 0.2) is 0 Å². The summed E-state index contributed by atoms with van der Waals surface area (Å²) in [5.41, 5.74) is 0.642. The van der Waals surface area contributed by atoms with Gasteiger partial charge in [-0.25, -0.2) is 9.98 Å². The molecule has 35 heavy (non-hydrogen) atoms. The molecule has 196 valence electrons. The molecule has 0 amide bonds. The van der Waals surface area contributed by atoms with E-state index in [1.54, 1.807) is 0 Å². The van der Waals surface area contributed by atoms with Crippen molar-refractivity contribution >= 4 is 17.8 Å². The van der Waals surface area contributed by atoms with E-state index in [0.717, 1.165) is 51.6 Å². The van der Waals surface area contributed by atoms with Crippen LogP contribution in [-0.4, -0.2) is 66.2 Å². The molecule has 0 radical (unpaired) electrons. The molecule has 1 N–H and O–H groups in total. The van der Waals surface area contributed by atoms with Crippen LogP contribution in [0.1, 0.15) is 84.1 Å². The highest BCUT2D eigenvalue weighted by Gasteiger charge is 2.39. The van der Waals surface area contributed by atoms with Gasteiger partial charge in [-0.2, -0.15) is 0 Å². The van der Waals surface area contributed by atoms with Crippen molar-refractivity contribution in [2.24, 2.45) is 9.98 Å². The molecule has 0 saturated heterocycles. The Morgan fingerprint density at radius 2 is 1.83 bits per heavy atom. The molecule has 0 bridgehead atoms. The van der Waals surface area contributed by atoms with E-state index < -0.39 is 11.5 Å². The summed E-state index contributed by atoms with van der Waals surface area (Å²) in [6, 6.07) is 10.6. The Bertz CT molecular complexity index is 808. The van der Waals surface area contributed by atoms with E-state index >= 15 is 0 Å². The van der Waals surface area contributed by atoms with E-state index in [4.69, 9.17) is 19.6 Å². The van der Waals surface area contributed by atoms with Crippen LogP contribution in [0.4, 0.5) is 0 Å². The number of methoxy groups -OCH3 is 1. The van der Waals surface area contributed by atoms with Gasteiger partial charge in [-0.3, -0.25) is 9.69 Å². The maximum atomic E-state index is 11.7. The minimum atomic E-state index is -0.620. The van der Waals surface area contributed by atoms with E-state index in [1.165, 1.54) is 31.9 Å². The Kier molecular flexibility index (Phi) is 13.0. The van der Waals surface area contributed by atoms with Crippen LogP contribution in [0.2, 0.25) is 0 Å². The minimum Gasteiger partial charge on any atom is -0.468 e. The van der Waals surface area contributed by atoms with Crippen LogP contribution in [0.25, 0.3) is 0 Å². The van der Waals surface area contributed by atoms with Crippen molar-refractivity contribution in [2.75, 3.05) is 26.8 Å². The summed E-state index contributed by atoms with van der Waals surface area (Å²) in [4.78, 5) is 23.5. The molecule has 1 atom stereocenters. The van der Waals surface area contributed by atoms with E-state index in [9.17, 15) is 4.79 Å². The average molecular weight is 488 g/mol. The summed E-state index contributed by atoms with van der Waals surface area (Å²) in [6.07, 6.45) is 9.68. The monoisotopic (exact) mass is 487 g/mol. The quantitative estimate of drug-likeness (QED) is 0.242. The molecule has 1 aromatic rings. The van der Waals surface area contributed by atoms with Crippen LogP contribution in [0.3, 0.4) is 0 Å². The fraction of sp³-hybridized carbons (Fsp3) is 0.679. The first-order valence-corrected chi connectivity index (χ1v) is 13.2. The van der Waals surface area contributed by atoms with Crippen LogP contribution in [0, 0.1) is 0 Å². The average Bonchev–Trinajstić information content (AvgIpc) is 3.16. The standard InChI is InChI=1S/C28H45N3O4/c1-5-6-7-13-18-24(26-30-28(2,3)27(35-26)29-21-25(33)34-4)31(19-14-8-9-15-20-32)22-23-16-11-10-12-17-23/h10-12,16-17,24,32H,5-9,13-15,18-22H2,1-4H3. The number of hydrogen-bond acceptors (Lipinski definition) is 7. The highest BCUT2D eigenvalue weighted by atomic mass is 16.5. The van der Waals surface area contributed by atoms with Crippen LogP contribution in [0.15, 0.2) is 40.3 Å². The van der Waals surface area contributed by atoms with E-state index in [0.29, 0.717) is 11.8 Å². The predicted octanol–water partition coefficient (Wildman–Crippen LogP) is 5.16. The number of hydrogen-bond donors (Lipinski definition) is 1. The predicted molar refractivity (Wildman–Crippen MR) is 142 cm³/mol. The summed E-state index contributed by atoms with van der Waals surface area (Å²) >= 11 is 0. The summed E-state index contributed by atoms with van der Waals surface area (Å²) in [6.45, 7) is 8.09. The van der Waals surface area contributed by atoms with E-state index in [2.05, 4.69) is 41.1 Å². The van der Waals surface area contributed by atoms with Gasteiger partial charge in [-0.05, 0) is 45.2 Å². The Morgan fingerprint density at radius 3 is 2.51 bits per heavy atom. The first-order chi connectivity index (χ1) is 16.9. The fourth-order valence-electron chi connectivity index (χ4n) is 4.31. The number of aliphatic hydroxyl groups excluding tert-OH is 1. The molecule has 0 aromatic heterocycles. The Labute approximate surface area is 211 Å². The van der Waals surface area contributed by atoms with E-state index in [1.807, 2.05) is 19.9 Å². The molecule has 1 unspecified atom stereocenters. The molecule has 0 aliphatic carbocycles. The van der Waals surface area contributed by atoms with Gasteiger partial charge in [0.05, 0.1) is 13.2 Å². The number of esters is 1. The first kappa shape index (κ1) is 29.0. The second-order valence-electron chi connectivity index (χ2n) is 9.77. The lowest BCUT2D eigenvalue weighted by Crippen LogP contribution is -2.42. The first-order valence-electron chi connectivity index (χ1n) is 13.2. The number of carbonyl (C=O) groups excluding carboxylic acids is 1. The van der Waals surface area contributed by atoms with Gasteiger partial charge in [0.25, 0.3) is 0 Å². The number of benzene rings is 1. The molecule has 1 heterocycles. The number of rotatable bonds is 17. The molecular formula is C28H45N3O4. The molecule has 1 aromatic carbocycles. The Hall–Kier alpha value is -2.25. The number of aliphatic hydroxyl groups is 1. The normalized spacial score (nSPS) is 16.9. The second kappa shape index (κ2) is 15.7. The highest BCUT2D eigenvalue weighted by Crippen LogP contribution is 2.27. The molecule has 2 rings (SSSR count). The van der Waals surface area contributed by atoms with Crippen molar-refractivity contribution < 1.29 is 19.4 Å². The molecule has 7 heteroatoms. The zero-order chi connectivity index (χ0) is 25.5. The van der Waals surface area contributed by atoms with Gasteiger partial charge in [0.1, 0.15) is 12.1 Å². The Morgan fingerprint density at radius 1 is 1.11 bits per heavy atom. The van der Waals surface area contributed by atoms with Crippen molar-refractivity contribution in [1.29, 1.82) is 0 Å². The lowest BCUT2D eigenvalue weighted by molar-refractivity contribution is -0.138. The minimum absolute atomic E-state index is 0.0370. The van der Waals surface area contributed by atoms with Crippen LogP contribution in [0.5, 0.6) is 0 Å². The van der Waals surface area contributed by atoms with Crippen molar-refractivity contribution in [3.63, 3.8) is 0 Å². The number of aliphatic imine (C=N–C) groups is 2. The lowest BCUT2D eigenvalue weighted by Gasteiger charge is -2.31. The summed E-state index contributed by atoms with van der Waals surface area (Å²) in [7, 11) is 1.36. The van der Waals surface area contributed by atoms with Gasteiger partial charge in [0, 0.05) is 13.2 Å².